The smallest absolute Gasteiger partial charge is 0.316 e. The van der Waals surface area contributed by atoms with Gasteiger partial charge in [0.25, 0.3) is 0 Å². The molecule has 0 aliphatic heterocycles. The van der Waals surface area contributed by atoms with Crippen molar-refractivity contribution in [3.8, 4) is 0 Å². The SMILES string of the molecule is CCCC1=C[C@H]1C(=O)OCC. The van der Waals surface area contributed by atoms with Gasteiger partial charge in [-0.15, -0.1) is 0 Å². The molecule has 1 aliphatic rings. The van der Waals surface area contributed by atoms with Gasteiger partial charge in [-0.2, -0.15) is 0 Å². The third-order valence-corrected chi connectivity index (χ3v) is 1.75. The maximum atomic E-state index is 11.0. The molecular weight excluding hydrogens is 140 g/mol. The van der Waals surface area contributed by atoms with E-state index in [2.05, 4.69) is 6.92 Å². The minimum Gasteiger partial charge on any atom is -0.465 e. The maximum absolute atomic E-state index is 11.0. The molecule has 0 N–H and O–H groups in total. The first-order valence-electron chi connectivity index (χ1n) is 4.16. The fourth-order valence-electron chi connectivity index (χ4n) is 1.14. The van der Waals surface area contributed by atoms with Gasteiger partial charge in [0.2, 0.25) is 0 Å². The molecule has 0 radical (unpaired) electrons. The van der Waals surface area contributed by atoms with Gasteiger partial charge < -0.3 is 4.74 Å². The molecule has 0 aromatic carbocycles. The summed E-state index contributed by atoms with van der Waals surface area (Å²) in [7, 11) is 0. The van der Waals surface area contributed by atoms with Gasteiger partial charge in [-0.1, -0.05) is 25.0 Å². The number of hydrogen-bond acceptors (Lipinski definition) is 2. The summed E-state index contributed by atoms with van der Waals surface area (Å²) in [6, 6.07) is 0. The van der Waals surface area contributed by atoms with Crippen LogP contribution in [0.4, 0.5) is 0 Å². The molecule has 0 saturated heterocycles. The molecule has 1 aliphatic carbocycles. The van der Waals surface area contributed by atoms with Crippen LogP contribution in [0.5, 0.6) is 0 Å². The van der Waals surface area contributed by atoms with Gasteiger partial charge in [0.1, 0.15) is 0 Å². The van der Waals surface area contributed by atoms with Gasteiger partial charge in [-0.3, -0.25) is 4.79 Å². The summed E-state index contributed by atoms with van der Waals surface area (Å²) in [5.41, 5.74) is 1.26. The highest BCUT2D eigenvalue weighted by atomic mass is 16.5. The van der Waals surface area contributed by atoms with E-state index in [9.17, 15) is 4.79 Å². The van der Waals surface area contributed by atoms with Crippen LogP contribution >= 0.6 is 0 Å². The lowest BCUT2D eigenvalue weighted by Crippen LogP contribution is -2.08. The summed E-state index contributed by atoms with van der Waals surface area (Å²) < 4.78 is 4.85. The van der Waals surface area contributed by atoms with E-state index in [-0.39, 0.29) is 11.9 Å². The molecule has 0 unspecified atom stereocenters. The van der Waals surface area contributed by atoms with E-state index in [0.717, 1.165) is 12.8 Å². The molecule has 62 valence electrons. The Balaban J connectivity index is 2.18. The Morgan fingerprint density at radius 3 is 2.91 bits per heavy atom. The van der Waals surface area contributed by atoms with Crippen LogP contribution in [0.25, 0.3) is 0 Å². The largest absolute Gasteiger partial charge is 0.465 e. The van der Waals surface area contributed by atoms with E-state index in [1.165, 1.54) is 5.57 Å². The molecular formula is C9H14O2. The second-order valence-electron chi connectivity index (χ2n) is 2.72. The van der Waals surface area contributed by atoms with Crippen LogP contribution < -0.4 is 0 Å². The summed E-state index contributed by atoms with van der Waals surface area (Å²) >= 11 is 0. The zero-order chi connectivity index (χ0) is 8.27. The van der Waals surface area contributed by atoms with Crippen LogP contribution in [0.2, 0.25) is 0 Å². The van der Waals surface area contributed by atoms with Crippen molar-refractivity contribution in [1.82, 2.24) is 0 Å². The summed E-state index contributed by atoms with van der Waals surface area (Å²) in [6.07, 6.45) is 4.15. The summed E-state index contributed by atoms with van der Waals surface area (Å²) in [5.74, 6) is -0.0362. The zero-order valence-corrected chi connectivity index (χ0v) is 7.09. The molecule has 1 atom stereocenters. The van der Waals surface area contributed by atoms with Crippen molar-refractivity contribution in [3.63, 3.8) is 0 Å². The molecule has 0 aromatic rings. The molecule has 11 heavy (non-hydrogen) atoms. The van der Waals surface area contributed by atoms with Crippen molar-refractivity contribution in [2.24, 2.45) is 5.92 Å². The Bertz CT molecular complexity index is 182. The van der Waals surface area contributed by atoms with Crippen molar-refractivity contribution < 1.29 is 9.53 Å². The average Bonchev–Trinajstić information content (AvgIpc) is 2.69. The number of esters is 1. The van der Waals surface area contributed by atoms with Crippen molar-refractivity contribution in [1.29, 1.82) is 0 Å². The monoisotopic (exact) mass is 154 g/mol. The number of ether oxygens (including phenoxy) is 1. The first-order valence-corrected chi connectivity index (χ1v) is 4.16. The molecule has 0 spiro atoms. The van der Waals surface area contributed by atoms with E-state index >= 15 is 0 Å². The van der Waals surface area contributed by atoms with Crippen LogP contribution in [0.1, 0.15) is 26.7 Å². The molecule has 0 bridgehead atoms. The summed E-state index contributed by atoms with van der Waals surface area (Å²) in [5, 5.41) is 0. The van der Waals surface area contributed by atoms with Gasteiger partial charge >= 0.3 is 5.97 Å². The molecule has 0 saturated carbocycles. The predicted molar refractivity (Wildman–Crippen MR) is 43.1 cm³/mol. The van der Waals surface area contributed by atoms with Gasteiger partial charge in [0.15, 0.2) is 0 Å². The van der Waals surface area contributed by atoms with Crippen LogP contribution in [-0.2, 0) is 9.53 Å². The topological polar surface area (TPSA) is 26.3 Å². The minimum absolute atomic E-state index is 0.0369. The average molecular weight is 154 g/mol. The van der Waals surface area contributed by atoms with Crippen molar-refractivity contribution in [2.45, 2.75) is 26.7 Å². The Kier molecular flexibility index (Phi) is 2.69. The van der Waals surface area contributed by atoms with E-state index < -0.39 is 0 Å². The number of carbonyl (C=O) groups is 1. The van der Waals surface area contributed by atoms with Gasteiger partial charge in [-0.25, -0.2) is 0 Å². The number of carbonyl (C=O) groups excluding carboxylic acids is 1. The number of hydrogen-bond donors (Lipinski definition) is 0. The molecule has 2 heteroatoms. The standard InChI is InChI=1S/C9H14O2/c1-3-5-7-6-8(7)9(10)11-4-2/h6,8H,3-5H2,1-2H3/t8-/m1/s1. The van der Waals surface area contributed by atoms with Crippen molar-refractivity contribution in [3.05, 3.63) is 11.6 Å². The van der Waals surface area contributed by atoms with Crippen LogP contribution in [0.15, 0.2) is 11.6 Å². The zero-order valence-electron chi connectivity index (χ0n) is 7.09. The quantitative estimate of drug-likeness (QED) is 0.456. The van der Waals surface area contributed by atoms with Crippen LogP contribution in [-0.4, -0.2) is 12.6 Å². The fraction of sp³-hybridized carbons (Fsp3) is 0.667. The molecule has 0 aromatic heterocycles. The normalized spacial score (nSPS) is 20.9. The lowest BCUT2D eigenvalue weighted by atomic mass is 10.2. The highest BCUT2D eigenvalue weighted by molar-refractivity contribution is 5.83. The summed E-state index contributed by atoms with van der Waals surface area (Å²) in [4.78, 5) is 11.0. The lowest BCUT2D eigenvalue weighted by molar-refractivity contribution is -0.144. The number of rotatable bonds is 4. The molecule has 2 nitrogen and oxygen atoms in total. The molecule has 0 amide bonds. The third-order valence-electron chi connectivity index (χ3n) is 1.75. The highest BCUT2D eigenvalue weighted by Gasteiger charge is 2.31. The lowest BCUT2D eigenvalue weighted by Gasteiger charge is -1.99. The Morgan fingerprint density at radius 1 is 1.64 bits per heavy atom. The predicted octanol–water partition coefficient (Wildman–Crippen LogP) is 1.91. The highest BCUT2D eigenvalue weighted by Crippen LogP contribution is 2.33. The van der Waals surface area contributed by atoms with Crippen LogP contribution in [0, 0.1) is 5.92 Å². The van der Waals surface area contributed by atoms with E-state index in [1.807, 2.05) is 13.0 Å². The van der Waals surface area contributed by atoms with Gasteiger partial charge in [0, 0.05) is 0 Å². The van der Waals surface area contributed by atoms with Crippen LogP contribution in [0.3, 0.4) is 0 Å². The van der Waals surface area contributed by atoms with Crippen molar-refractivity contribution >= 4 is 5.97 Å². The van der Waals surface area contributed by atoms with E-state index in [1.54, 1.807) is 0 Å². The van der Waals surface area contributed by atoms with E-state index in [0.29, 0.717) is 6.61 Å². The van der Waals surface area contributed by atoms with Crippen molar-refractivity contribution in [2.75, 3.05) is 6.61 Å². The molecule has 0 heterocycles. The Morgan fingerprint density at radius 2 is 2.36 bits per heavy atom. The fourth-order valence-corrected chi connectivity index (χ4v) is 1.14. The molecule has 0 fully saturated rings. The van der Waals surface area contributed by atoms with Gasteiger partial charge in [-0.05, 0) is 13.3 Å². The van der Waals surface area contributed by atoms with E-state index in [4.69, 9.17) is 4.74 Å². The first-order chi connectivity index (χ1) is 5.29. The Labute approximate surface area is 67.2 Å². The second kappa shape index (κ2) is 3.56. The summed E-state index contributed by atoms with van der Waals surface area (Å²) in [6.45, 7) is 4.43. The first kappa shape index (κ1) is 8.31. The maximum Gasteiger partial charge on any atom is 0.316 e. The minimum atomic E-state index is -0.0732. The third kappa shape index (κ3) is 2.07. The Hall–Kier alpha value is -0.790. The second-order valence-corrected chi connectivity index (χ2v) is 2.72. The van der Waals surface area contributed by atoms with Gasteiger partial charge in [0.05, 0.1) is 12.5 Å². The molecule has 1 rings (SSSR count).